The Bertz CT molecular complexity index is 941. The summed E-state index contributed by atoms with van der Waals surface area (Å²) in [6, 6.07) is 9.37. The van der Waals surface area contributed by atoms with Gasteiger partial charge >= 0.3 is 6.03 Å². The molecule has 0 radical (unpaired) electrons. The fraction of sp³-hybridized carbons (Fsp3) is 0.200. The summed E-state index contributed by atoms with van der Waals surface area (Å²) in [5, 5.41) is 8.08. The topological polar surface area (TPSA) is 88.7 Å². The van der Waals surface area contributed by atoms with E-state index in [9.17, 15) is 14.0 Å². The Morgan fingerprint density at radius 1 is 1.11 bits per heavy atom. The van der Waals surface area contributed by atoms with Crippen molar-refractivity contribution in [3.05, 3.63) is 65.1 Å². The summed E-state index contributed by atoms with van der Waals surface area (Å²) in [6.45, 7) is 1.64. The average Bonchev–Trinajstić information content (AvgIpc) is 2.68. The molecular formula is C20H20FN3O4. The molecule has 146 valence electrons. The Balaban J connectivity index is 1.99. The van der Waals surface area contributed by atoms with Gasteiger partial charge in [0.15, 0.2) is 0 Å². The largest absolute Gasteiger partial charge is 0.497 e. The van der Waals surface area contributed by atoms with Crippen molar-refractivity contribution in [2.45, 2.75) is 13.0 Å². The number of ether oxygens (including phenoxy) is 2. The van der Waals surface area contributed by atoms with E-state index in [-0.39, 0.29) is 0 Å². The van der Waals surface area contributed by atoms with Crippen LogP contribution in [-0.2, 0) is 4.79 Å². The van der Waals surface area contributed by atoms with Gasteiger partial charge in [0.2, 0.25) is 0 Å². The number of carbonyl (C=O) groups is 2. The minimum absolute atomic E-state index is 0.312. The van der Waals surface area contributed by atoms with Gasteiger partial charge in [0, 0.05) is 23.0 Å². The molecule has 3 amide bonds. The molecule has 1 aliphatic rings. The fourth-order valence-electron chi connectivity index (χ4n) is 3.02. The highest BCUT2D eigenvalue weighted by Gasteiger charge is 2.33. The third-order valence-electron chi connectivity index (χ3n) is 4.37. The number of benzene rings is 2. The van der Waals surface area contributed by atoms with Crippen molar-refractivity contribution in [1.82, 2.24) is 10.6 Å². The molecule has 3 N–H and O–H groups in total. The van der Waals surface area contributed by atoms with Crippen molar-refractivity contribution >= 4 is 17.6 Å². The smallest absolute Gasteiger partial charge is 0.319 e. The van der Waals surface area contributed by atoms with Crippen molar-refractivity contribution in [1.29, 1.82) is 0 Å². The first-order valence-electron chi connectivity index (χ1n) is 8.50. The van der Waals surface area contributed by atoms with Gasteiger partial charge in [-0.05, 0) is 43.3 Å². The normalized spacial score (nSPS) is 16.1. The molecule has 1 heterocycles. The lowest BCUT2D eigenvalue weighted by atomic mass is 9.94. The quantitative estimate of drug-likeness (QED) is 0.738. The van der Waals surface area contributed by atoms with Crippen LogP contribution in [0.3, 0.4) is 0 Å². The number of halogens is 1. The third-order valence-corrected chi connectivity index (χ3v) is 4.37. The Kier molecular flexibility index (Phi) is 5.49. The first kappa shape index (κ1) is 19.2. The zero-order valence-electron chi connectivity index (χ0n) is 15.6. The molecule has 0 spiro atoms. The number of rotatable bonds is 5. The Hall–Kier alpha value is -3.55. The SMILES string of the molecule is COc1ccc([C@H]2NC(=O)NC(C)=C2C(=O)Nc2ccc(F)cc2)c(OC)c1. The van der Waals surface area contributed by atoms with Crippen LogP contribution in [0, 0.1) is 5.82 Å². The maximum Gasteiger partial charge on any atom is 0.319 e. The second kappa shape index (κ2) is 7.99. The summed E-state index contributed by atoms with van der Waals surface area (Å²) in [4.78, 5) is 25.0. The van der Waals surface area contributed by atoms with Crippen molar-refractivity contribution in [3.8, 4) is 11.5 Å². The number of anilines is 1. The first-order valence-corrected chi connectivity index (χ1v) is 8.50. The lowest BCUT2D eigenvalue weighted by molar-refractivity contribution is -0.113. The van der Waals surface area contributed by atoms with Crippen LogP contribution in [0.15, 0.2) is 53.7 Å². The zero-order valence-corrected chi connectivity index (χ0v) is 15.6. The molecule has 1 aliphatic heterocycles. The first-order chi connectivity index (χ1) is 13.4. The van der Waals surface area contributed by atoms with Gasteiger partial charge in [0.25, 0.3) is 5.91 Å². The van der Waals surface area contributed by atoms with Crippen molar-refractivity contribution in [2.75, 3.05) is 19.5 Å². The molecule has 0 aliphatic carbocycles. The highest BCUT2D eigenvalue weighted by Crippen LogP contribution is 2.35. The Morgan fingerprint density at radius 3 is 2.46 bits per heavy atom. The molecule has 1 atom stereocenters. The van der Waals surface area contributed by atoms with Gasteiger partial charge in [-0.3, -0.25) is 4.79 Å². The van der Waals surface area contributed by atoms with E-state index in [1.165, 1.54) is 38.5 Å². The molecule has 7 nitrogen and oxygen atoms in total. The van der Waals surface area contributed by atoms with Gasteiger partial charge in [0.05, 0.1) is 25.8 Å². The van der Waals surface area contributed by atoms with Crippen LogP contribution in [0.2, 0.25) is 0 Å². The number of nitrogens with one attached hydrogen (secondary N) is 3. The number of methoxy groups -OCH3 is 2. The maximum atomic E-state index is 13.1. The molecule has 3 rings (SSSR count). The van der Waals surface area contributed by atoms with Crippen LogP contribution in [0.1, 0.15) is 18.5 Å². The molecule has 0 saturated carbocycles. The summed E-state index contributed by atoms with van der Waals surface area (Å²) < 4.78 is 23.7. The lowest BCUT2D eigenvalue weighted by Crippen LogP contribution is -2.46. The van der Waals surface area contributed by atoms with Gasteiger partial charge in [-0.1, -0.05) is 0 Å². The number of urea groups is 1. The highest BCUT2D eigenvalue weighted by molar-refractivity contribution is 6.06. The van der Waals surface area contributed by atoms with E-state index >= 15 is 0 Å². The van der Waals surface area contributed by atoms with E-state index < -0.39 is 23.8 Å². The molecule has 2 aromatic rings. The summed E-state index contributed by atoms with van der Waals surface area (Å²) >= 11 is 0. The van der Waals surface area contributed by atoms with Crippen LogP contribution in [0.25, 0.3) is 0 Å². The van der Waals surface area contributed by atoms with Gasteiger partial charge in [-0.2, -0.15) is 0 Å². The number of hydrogen-bond acceptors (Lipinski definition) is 4. The summed E-state index contributed by atoms with van der Waals surface area (Å²) in [6.07, 6.45) is 0. The minimum atomic E-state index is -0.741. The van der Waals surface area contributed by atoms with E-state index in [0.29, 0.717) is 34.0 Å². The predicted octanol–water partition coefficient (Wildman–Crippen LogP) is 3.11. The number of allylic oxidation sites excluding steroid dienone is 1. The molecule has 0 fully saturated rings. The van der Waals surface area contributed by atoms with Crippen LogP contribution >= 0.6 is 0 Å². The standard InChI is InChI=1S/C20H20FN3O4/c1-11-17(19(25)23-13-6-4-12(21)5-7-13)18(24-20(26)22-11)15-9-8-14(27-2)10-16(15)28-3/h4-10,18H,1-3H3,(H,23,25)(H2,22,24,26)/t18-/m1/s1. The molecule has 0 aromatic heterocycles. The predicted molar refractivity (Wildman–Crippen MR) is 102 cm³/mol. The third kappa shape index (κ3) is 3.90. The number of carbonyl (C=O) groups excluding carboxylic acids is 2. The minimum Gasteiger partial charge on any atom is -0.497 e. The molecule has 2 aromatic carbocycles. The van der Waals surface area contributed by atoms with Crippen molar-refractivity contribution < 1.29 is 23.5 Å². The molecular weight excluding hydrogens is 365 g/mol. The summed E-state index contributed by atoms with van der Waals surface area (Å²) in [5.41, 5.74) is 1.75. The second-order valence-corrected chi connectivity index (χ2v) is 6.14. The van der Waals surface area contributed by atoms with E-state index in [0.717, 1.165) is 0 Å². The fourth-order valence-corrected chi connectivity index (χ4v) is 3.02. The molecule has 0 saturated heterocycles. The van der Waals surface area contributed by atoms with Gasteiger partial charge in [0.1, 0.15) is 17.3 Å². The van der Waals surface area contributed by atoms with Gasteiger partial charge in [-0.15, -0.1) is 0 Å². The van der Waals surface area contributed by atoms with E-state index in [4.69, 9.17) is 9.47 Å². The van der Waals surface area contributed by atoms with Crippen molar-refractivity contribution in [2.24, 2.45) is 0 Å². The van der Waals surface area contributed by atoms with Crippen LogP contribution in [-0.4, -0.2) is 26.2 Å². The van der Waals surface area contributed by atoms with E-state index in [1.807, 2.05) is 0 Å². The van der Waals surface area contributed by atoms with E-state index in [1.54, 1.807) is 25.1 Å². The van der Waals surface area contributed by atoms with Crippen LogP contribution < -0.4 is 25.4 Å². The number of amides is 3. The molecule has 28 heavy (non-hydrogen) atoms. The molecule has 0 bridgehead atoms. The number of hydrogen-bond donors (Lipinski definition) is 3. The monoisotopic (exact) mass is 385 g/mol. The van der Waals surface area contributed by atoms with Crippen molar-refractivity contribution in [3.63, 3.8) is 0 Å². The summed E-state index contributed by atoms with van der Waals surface area (Å²) in [7, 11) is 3.03. The lowest BCUT2D eigenvalue weighted by Gasteiger charge is -2.29. The molecule has 0 unspecified atom stereocenters. The summed E-state index contributed by atoms with van der Waals surface area (Å²) in [5.74, 6) is 0.214. The average molecular weight is 385 g/mol. The second-order valence-electron chi connectivity index (χ2n) is 6.14. The Morgan fingerprint density at radius 2 is 1.82 bits per heavy atom. The highest BCUT2D eigenvalue weighted by atomic mass is 19.1. The maximum absolute atomic E-state index is 13.1. The Labute approximate surface area is 161 Å². The molecule has 8 heteroatoms. The van der Waals surface area contributed by atoms with Gasteiger partial charge in [-0.25, -0.2) is 9.18 Å². The van der Waals surface area contributed by atoms with E-state index in [2.05, 4.69) is 16.0 Å². The zero-order chi connectivity index (χ0) is 20.3. The van der Waals surface area contributed by atoms with Crippen LogP contribution in [0.5, 0.6) is 11.5 Å². The van der Waals surface area contributed by atoms with Gasteiger partial charge < -0.3 is 25.4 Å². The van der Waals surface area contributed by atoms with Crippen LogP contribution in [0.4, 0.5) is 14.9 Å².